The van der Waals surface area contributed by atoms with Crippen molar-refractivity contribution in [2.24, 2.45) is 11.7 Å². The van der Waals surface area contributed by atoms with Gasteiger partial charge in [-0.2, -0.15) is 0 Å². The number of hydrogen-bond donors (Lipinski definition) is 3. The molecule has 2 fully saturated rings. The van der Waals surface area contributed by atoms with Crippen LogP contribution in [0.3, 0.4) is 0 Å². The third-order valence-corrected chi connectivity index (χ3v) is 6.73. The van der Waals surface area contributed by atoms with Gasteiger partial charge < -0.3 is 21.3 Å². The van der Waals surface area contributed by atoms with Gasteiger partial charge in [0, 0.05) is 48.2 Å². The molecule has 1 unspecified atom stereocenters. The second-order valence-electron chi connectivity index (χ2n) is 8.52. The van der Waals surface area contributed by atoms with Crippen LogP contribution >= 0.6 is 11.6 Å². The number of hydrogen-bond acceptors (Lipinski definition) is 4. The number of pyridine rings is 1. The van der Waals surface area contributed by atoms with Crippen LogP contribution in [0.4, 0.5) is 10.5 Å². The van der Waals surface area contributed by atoms with Crippen molar-refractivity contribution in [3.8, 4) is 0 Å². The molecule has 4 N–H and O–H groups in total. The van der Waals surface area contributed by atoms with Gasteiger partial charge in [0.25, 0.3) is 0 Å². The highest BCUT2D eigenvalue weighted by atomic mass is 35.5. The number of nitrogens with zero attached hydrogens (tertiary/aromatic N) is 2. The number of rotatable bonds is 6. The summed E-state index contributed by atoms with van der Waals surface area (Å²) in [5.74, 6) is -0.0458. The summed E-state index contributed by atoms with van der Waals surface area (Å²) < 4.78 is 0. The molecule has 1 aliphatic heterocycles. The van der Waals surface area contributed by atoms with Gasteiger partial charge in [-0.3, -0.25) is 9.78 Å². The van der Waals surface area contributed by atoms with Crippen molar-refractivity contribution in [2.75, 3.05) is 25.0 Å². The number of benzene rings is 1. The number of carbonyl (C=O) groups is 2. The number of piperidine rings is 1. The molecule has 1 atom stereocenters. The molecule has 1 saturated heterocycles. The van der Waals surface area contributed by atoms with Crippen LogP contribution in [0.2, 0.25) is 5.02 Å². The van der Waals surface area contributed by atoms with Crippen LogP contribution in [0, 0.1) is 5.92 Å². The quantitative estimate of drug-likeness (QED) is 0.641. The number of urea groups is 1. The van der Waals surface area contributed by atoms with Gasteiger partial charge in [-0.05, 0) is 61.4 Å². The van der Waals surface area contributed by atoms with E-state index < -0.39 is 6.04 Å². The van der Waals surface area contributed by atoms with Crippen LogP contribution in [0.25, 0.3) is 0 Å². The van der Waals surface area contributed by atoms with E-state index in [2.05, 4.69) is 15.6 Å². The lowest BCUT2D eigenvalue weighted by Crippen LogP contribution is -2.51. The maximum absolute atomic E-state index is 12.7. The summed E-state index contributed by atoms with van der Waals surface area (Å²) >= 11 is 5.99. The van der Waals surface area contributed by atoms with Crippen molar-refractivity contribution in [1.82, 2.24) is 15.2 Å². The number of carbonyl (C=O) groups excluding carboxylic acids is 2. The third-order valence-electron chi connectivity index (χ3n) is 6.48. The number of amides is 3. The summed E-state index contributed by atoms with van der Waals surface area (Å²) in [6.07, 6.45) is 6.79. The predicted octanol–water partition coefficient (Wildman–Crippen LogP) is 3.15. The normalized spacial score (nSPS) is 18.8. The Kier molecular flexibility index (Phi) is 6.43. The Balaban J connectivity index is 1.24. The Hall–Kier alpha value is -2.64. The summed E-state index contributed by atoms with van der Waals surface area (Å²) in [7, 11) is 0. The van der Waals surface area contributed by atoms with E-state index in [0.717, 1.165) is 12.8 Å². The maximum Gasteiger partial charge on any atom is 0.321 e. The first-order valence-electron chi connectivity index (χ1n) is 10.7. The number of nitrogens with one attached hydrogen (secondary N) is 2. The number of anilines is 1. The molecule has 0 bridgehead atoms. The minimum atomic E-state index is -0.563. The van der Waals surface area contributed by atoms with Gasteiger partial charge in [-0.25, -0.2) is 4.79 Å². The average molecular weight is 442 g/mol. The molecule has 1 aromatic carbocycles. The molecule has 1 saturated carbocycles. The molecular formula is C23H28ClN5O2. The van der Waals surface area contributed by atoms with E-state index in [4.69, 9.17) is 17.3 Å². The topological polar surface area (TPSA) is 100 Å². The minimum Gasteiger partial charge on any atom is -0.354 e. The van der Waals surface area contributed by atoms with Gasteiger partial charge in [0.05, 0.1) is 6.04 Å². The number of halogens is 1. The first-order chi connectivity index (χ1) is 15.0. The molecule has 0 radical (unpaired) electrons. The maximum atomic E-state index is 12.7. The molecule has 4 rings (SSSR count). The van der Waals surface area contributed by atoms with Crippen LogP contribution in [0.15, 0.2) is 48.8 Å². The third kappa shape index (κ3) is 5.17. The van der Waals surface area contributed by atoms with Crippen LogP contribution in [0.5, 0.6) is 0 Å². The summed E-state index contributed by atoms with van der Waals surface area (Å²) in [5.41, 5.74) is 8.22. The Bertz CT molecular complexity index is 909. The second kappa shape index (κ2) is 9.24. The molecule has 164 valence electrons. The van der Waals surface area contributed by atoms with Crippen LogP contribution in [-0.4, -0.2) is 47.5 Å². The van der Waals surface area contributed by atoms with E-state index in [1.165, 1.54) is 5.56 Å². The molecule has 1 aliphatic carbocycles. The Labute approximate surface area is 187 Å². The van der Waals surface area contributed by atoms with E-state index >= 15 is 0 Å². The van der Waals surface area contributed by atoms with Crippen LogP contribution < -0.4 is 16.4 Å². The highest BCUT2D eigenvalue weighted by Gasteiger charge is 2.44. The highest BCUT2D eigenvalue weighted by molar-refractivity contribution is 6.30. The molecule has 0 spiro atoms. The van der Waals surface area contributed by atoms with Crippen LogP contribution in [-0.2, 0) is 10.2 Å². The monoisotopic (exact) mass is 441 g/mol. The SMILES string of the molecule is NC(C(=O)NCC1(c2ccc(Cl)cc2)CC1)C1CCN(C(=O)Nc2ccncc2)CC1. The molecule has 7 nitrogen and oxygen atoms in total. The zero-order chi connectivity index (χ0) is 21.8. The molecular weight excluding hydrogens is 414 g/mol. The second-order valence-corrected chi connectivity index (χ2v) is 8.96. The minimum absolute atomic E-state index is 0.00831. The lowest BCUT2D eigenvalue weighted by atomic mass is 9.89. The van der Waals surface area contributed by atoms with Gasteiger partial charge in [0.2, 0.25) is 5.91 Å². The number of aromatic nitrogens is 1. The van der Waals surface area contributed by atoms with E-state index in [9.17, 15) is 9.59 Å². The Morgan fingerprint density at radius 2 is 1.77 bits per heavy atom. The molecule has 2 aromatic rings. The largest absolute Gasteiger partial charge is 0.354 e. The fraction of sp³-hybridized carbons (Fsp3) is 0.435. The Morgan fingerprint density at radius 1 is 1.13 bits per heavy atom. The van der Waals surface area contributed by atoms with Gasteiger partial charge in [-0.15, -0.1) is 0 Å². The zero-order valence-corrected chi connectivity index (χ0v) is 18.1. The Morgan fingerprint density at radius 3 is 2.39 bits per heavy atom. The van der Waals surface area contributed by atoms with Gasteiger partial charge >= 0.3 is 6.03 Å². The van der Waals surface area contributed by atoms with Crippen molar-refractivity contribution in [2.45, 2.75) is 37.1 Å². The average Bonchev–Trinajstić information content (AvgIpc) is 3.59. The molecule has 2 aliphatic rings. The van der Waals surface area contributed by atoms with Crippen molar-refractivity contribution >= 4 is 29.2 Å². The van der Waals surface area contributed by atoms with E-state index in [-0.39, 0.29) is 23.3 Å². The summed E-state index contributed by atoms with van der Waals surface area (Å²) in [4.78, 5) is 30.8. The zero-order valence-electron chi connectivity index (χ0n) is 17.4. The van der Waals surface area contributed by atoms with E-state index in [1.54, 1.807) is 29.4 Å². The molecule has 3 amide bonds. The summed E-state index contributed by atoms with van der Waals surface area (Å²) in [6, 6.07) is 10.7. The lowest BCUT2D eigenvalue weighted by molar-refractivity contribution is -0.124. The molecule has 8 heteroatoms. The first-order valence-corrected chi connectivity index (χ1v) is 11.1. The smallest absolute Gasteiger partial charge is 0.321 e. The fourth-order valence-electron chi connectivity index (χ4n) is 4.21. The predicted molar refractivity (Wildman–Crippen MR) is 121 cm³/mol. The molecule has 2 heterocycles. The summed E-state index contributed by atoms with van der Waals surface area (Å²) in [6.45, 7) is 1.75. The van der Waals surface area contributed by atoms with E-state index in [1.807, 2.05) is 24.3 Å². The molecule has 31 heavy (non-hydrogen) atoms. The first kappa shape index (κ1) is 21.6. The number of likely N-dealkylation sites (tertiary alicyclic amines) is 1. The number of nitrogens with two attached hydrogens (primary N) is 1. The van der Waals surface area contributed by atoms with Gasteiger partial charge in [0.1, 0.15) is 0 Å². The fourth-order valence-corrected chi connectivity index (χ4v) is 4.34. The molecule has 1 aromatic heterocycles. The van der Waals surface area contributed by atoms with Gasteiger partial charge in [0.15, 0.2) is 0 Å². The standard InChI is InChI=1S/C23H28ClN5O2/c24-18-3-1-17(2-4-18)23(9-10-23)15-27-21(30)20(25)16-7-13-29(14-8-16)22(31)28-19-5-11-26-12-6-19/h1-6,11-12,16,20H,7-10,13-15,25H2,(H,27,30)(H,26,28,31). The van der Waals surface area contributed by atoms with E-state index in [0.29, 0.717) is 43.2 Å². The summed E-state index contributed by atoms with van der Waals surface area (Å²) in [5, 5.41) is 6.65. The lowest BCUT2D eigenvalue weighted by Gasteiger charge is -2.34. The highest BCUT2D eigenvalue weighted by Crippen LogP contribution is 2.47. The van der Waals surface area contributed by atoms with Crippen molar-refractivity contribution in [3.05, 3.63) is 59.4 Å². The van der Waals surface area contributed by atoms with Crippen molar-refractivity contribution < 1.29 is 9.59 Å². The van der Waals surface area contributed by atoms with Gasteiger partial charge in [-0.1, -0.05) is 23.7 Å². The van der Waals surface area contributed by atoms with Crippen molar-refractivity contribution in [3.63, 3.8) is 0 Å². The van der Waals surface area contributed by atoms with Crippen molar-refractivity contribution in [1.29, 1.82) is 0 Å². The van der Waals surface area contributed by atoms with Crippen LogP contribution in [0.1, 0.15) is 31.2 Å².